The Bertz CT molecular complexity index is 828. The second-order valence-corrected chi connectivity index (χ2v) is 5.70. The third-order valence-electron chi connectivity index (χ3n) is 2.88. The van der Waals surface area contributed by atoms with Crippen molar-refractivity contribution in [2.45, 2.75) is 11.8 Å². The lowest BCUT2D eigenvalue weighted by atomic mass is 10.0. The standard InChI is InChI=1S/C12H13N3O4S/c1-6-3-7-4-8(20(17,18)19)5-9(13)10(7)12(16)11(6)15-14-2/h3-5,16H,13H2,1-2H3,(H,17,18,19). The van der Waals surface area contributed by atoms with E-state index in [-0.39, 0.29) is 27.4 Å². The summed E-state index contributed by atoms with van der Waals surface area (Å²) in [5.74, 6) is -0.176. The molecule has 8 heteroatoms. The van der Waals surface area contributed by atoms with Crippen LogP contribution in [0.3, 0.4) is 0 Å². The summed E-state index contributed by atoms with van der Waals surface area (Å²) in [6.07, 6.45) is 0. The summed E-state index contributed by atoms with van der Waals surface area (Å²) in [4.78, 5) is -0.328. The minimum absolute atomic E-state index is 0.0279. The Morgan fingerprint density at radius 3 is 2.45 bits per heavy atom. The van der Waals surface area contributed by atoms with Gasteiger partial charge in [-0.05, 0) is 36.1 Å². The summed E-state index contributed by atoms with van der Waals surface area (Å²) in [7, 11) is -2.90. The van der Waals surface area contributed by atoms with Gasteiger partial charge >= 0.3 is 0 Å². The van der Waals surface area contributed by atoms with E-state index >= 15 is 0 Å². The fraction of sp³-hybridized carbons (Fsp3) is 0.167. The predicted octanol–water partition coefficient (Wildman–Crippen LogP) is 2.40. The van der Waals surface area contributed by atoms with Gasteiger partial charge in [0.15, 0.2) is 5.75 Å². The molecule has 0 saturated carbocycles. The summed E-state index contributed by atoms with van der Waals surface area (Å²) in [6.45, 7) is 1.69. The number of rotatable bonds is 2. The molecule has 106 valence electrons. The van der Waals surface area contributed by atoms with Crippen LogP contribution in [0.15, 0.2) is 33.3 Å². The zero-order chi connectivity index (χ0) is 15.1. The number of azo groups is 1. The first-order valence-electron chi connectivity index (χ1n) is 5.59. The molecule has 0 fully saturated rings. The molecule has 2 aromatic rings. The molecular formula is C12H13N3O4S. The number of nitrogen functional groups attached to an aromatic ring is 1. The van der Waals surface area contributed by atoms with Crippen LogP contribution in [0.1, 0.15) is 5.56 Å². The van der Waals surface area contributed by atoms with E-state index in [9.17, 15) is 13.5 Å². The first-order valence-corrected chi connectivity index (χ1v) is 7.03. The average molecular weight is 295 g/mol. The fourth-order valence-corrected chi connectivity index (χ4v) is 2.58. The Kier molecular flexibility index (Phi) is 3.36. The number of aryl methyl sites for hydroxylation is 1. The van der Waals surface area contributed by atoms with Crippen LogP contribution in [0.5, 0.6) is 5.75 Å². The van der Waals surface area contributed by atoms with Crippen LogP contribution >= 0.6 is 0 Å². The van der Waals surface area contributed by atoms with Gasteiger partial charge in [-0.25, -0.2) is 0 Å². The number of hydrogen-bond acceptors (Lipinski definition) is 6. The van der Waals surface area contributed by atoms with Crippen LogP contribution in [-0.2, 0) is 10.1 Å². The Balaban J connectivity index is 2.92. The van der Waals surface area contributed by atoms with Gasteiger partial charge in [-0.3, -0.25) is 4.55 Å². The van der Waals surface area contributed by atoms with Gasteiger partial charge in [-0.15, -0.1) is 0 Å². The highest BCUT2D eigenvalue weighted by atomic mass is 32.2. The second-order valence-electron chi connectivity index (χ2n) is 4.28. The van der Waals surface area contributed by atoms with Gasteiger partial charge in [-0.2, -0.15) is 18.6 Å². The number of fused-ring (bicyclic) bond motifs is 1. The number of nitrogens with zero attached hydrogens (tertiary/aromatic N) is 2. The molecule has 0 spiro atoms. The molecule has 0 atom stereocenters. The molecule has 0 aromatic heterocycles. The number of hydrogen-bond donors (Lipinski definition) is 3. The average Bonchev–Trinajstić information content (AvgIpc) is 2.32. The SMILES string of the molecule is CN=Nc1c(C)cc2cc(S(=O)(=O)O)cc(N)c2c1O. The Morgan fingerprint density at radius 1 is 1.25 bits per heavy atom. The normalized spacial score (nSPS) is 12.3. The van der Waals surface area contributed by atoms with Gasteiger partial charge in [0.05, 0.1) is 4.90 Å². The van der Waals surface area contributed by atoms with Crippen molar-refractivity contribution in [3.8, 4) is 5.75 Å². The van der Waals surface area contributed by atoms with Crippen molar-refractivity contribution < 1.29 is 18.1 Å². The molecule has 0 aliphatic carbocycles. The number of phenolic OH excluding ortho intramolecular Hbond substituents is 1. The molecule has 0 saturated heterocycles. The van der Waals surface area contributed by atoms with E-state index in [4.69, 9.17) is 10.3 Å². The van der Waals surface area contributed by atoms with E-state index in [0.29, 0.717) is 10.9 Å². The van der Waals surface area contributed by atoms with Crippen LogP contribution in [0, 0.1) is 6.92 Å². The highest BCUT2D eigenvalue weighted by molar-refractivity contribution is 7.85. The largest absolute Gasteiger partial charge is 0.505 e. The minimum atomic E-state index is -4.37. The van der Waals surface area contributed by atoms with Crippen molar-refractivity contribution in [2.75, 3.05) is 12.8 Å². The van der Waals surface area contributed by atoms with Crippen molar-refractivity contribution in [3.05, 3.63) is 23.8 Å². The minimum Gasteiger partial charge on any atom is -0.505 e. The summed E-state index contributed by atoms with van der Waals surface area (Å²) >= 11 is 0. The fourth-order valence-electron chi connectivity index (χ4n) is 2.03. The van der Waals surface area contributed by atoms with Gasteiger partial charge < -0.3 is 10.8 Å². The van der Waals surface area contributed by atoms with Gasteiger partial charge in [0.1, 0.15) is 5.69 Å². The van der Waals surface area contributed by atoms with Gasteiger partial charge in [-0.1, -0.05) is 0 Å². The van der Waals surface area contributed by atoms with Crippen molar-refractivity contribution in [1.29, 1.82) is 0 Å². The van der Waals surface area contributed by atoms with Gasteiger partial charge in [0, 0.05) is 18.1 Å². The first kappa shape index (κ1) is 14.2. The molecule has 4 N–H and O–H groups in total. The van der Waals surface area contributed by atoms with E-state index < -0.39 is 10.1 Å². The predicted molar refractivity (Wildman–Crippen MR) is 75.0 cm³/mol. The summed E-state index contributed by atoms with van der Waals surface area (Å²) < 4.78 is 31.4. The molecule has 0 aliphatic rings. The Hall–Kier alpha value is -2.19. The third-order valence-corrected chi connectivity index (χ3v) is 3.71. The molecule has 0 radical (unpaired) electrons. The number of benzene rings is 2. The monoisotopic (exact) mass is 295 g/mol. The van der Waals surface area contributed by atoms with Crippen molar-refractivity contribution >= 4 is 32.3 Å². The van der Waals surface area contributed by atoms with E-state index in [1.165, 1.54) is 13.1 Å². The van der Waals surface area contributed by atoms with Gasteiger partial charge in [0.2, 0.25) is 0 Å². The van der Waals surface area contributed by atoms with Crippen LogP contribution in [-0.4, -0.2) is 25.1 Å². The van der Waals surface area contributed by atoms with E-state index in [1.54, 1.807) is 13.0 Å². The maximum Gasteiger partial charge on any atom is 0.294 e. The molecule has 2 aromatic carbocycles. The number of phenols is 1. The third kappa shape index (κ3) is 2.30. The molecule has 0 heterocycles. The van der Waals surface area contributed by atoms with Crippen LogP contribution in [0.25, 0.3) is 10.8 Å². The molecule has 0 aliphatic heterocycles. The zero-order valence-corrected chi connectivity index (χ0v) is 11.6. The number of anilines is 1. The number of aromatic hydroxyl groups is 1. The van der Waals surface area contributed by atoms with Crippen LogP contribution < -0.4 is 5.73 Å². The van der Waals surface area contributed by atoms with Gasteiger partial charge in [0.25, 0.3) is 10.1 Å². The van der Waals surface area contributed by atoms with Crippen LogP contribution in [0.2, 0.25) is 0 Å². The molecule has 2 rings (SSSR count). The highest BCUT2D eigenvalue weighted by Crippen LogP contribution is 2.41. The summed E-state index contributed by atoms with van der Waals surface area (Å²) in [5.41, 5.74) is 6.66. The summed E-state index contributed by atoms with van der Waals surface area (Å²) in [6, 6.07) is 3.93. The Labute approximate surface area is 115 Å². The molecule has 7 nitrogen and oxygen atoms in total. The zero-order valence-electron chi connectivity index (χ0n) is 10.8. The van der Waals surface area contributed by atoms with Crippen molar-refractivity contribution in [2.24, 2.45) is 10.2 Å². The lowest BCUT2D eigenvalue weighted by Crippen LogP contribution is -2.00. The van der Waals surface area contributed by atoms with Crippen LogP contribution in [0.4, 0.5) is 11.4 Å². The van der Waals surface area contributed by atoms with E-state index in [2.05, 4.69) is 10.2 Å². The summed E-state index contributed by atoms with van der Waals surface area (Å²) in [5, 5.41) is 18.3. The quantitative estimate of drug-likeness (QED) is 0.445. The molecular weight excluding hydrogens is 282 g/mol. The number of nitrogens with two attached hydrogens (primary N) is 1. The molecule has 0 bridgehead atoms. The highest BCUT2D eigenvalue weighted by Gasteiger charge is 2.17. The first-order chi connectivity index (χ1) is 9.25. The lowest BCUT2D eigenvalue weighted by Gasteiger charge is -2.11. The van der Waals surface area contributed by atoms with E-state index in [1.807, 2.05) is 0 Å². The lowest BCUT2D eigenvalue weighted by molar-refractivity contribution is 0.480. The Morgan fingerprint density at radius 2 is 1.90 bits per heavy atom. The molecule has 0 unspecified atom stereocenters. The maximum atomic E-state index is 11.2. The van der Waals surface area contributed by atoms with Crippen molar-refractivity contribution in [3.63, 3.8) is 0 Å². The topological polar surface area (TPSA) is 125 Å². The van der Waals surface area contributed by atoms with Crippen molar-refractivity contribution in [1.82, 2.24) is 0 Å². The molecule has 20 heavy (non-hydrogen) atoms. The smallest absolute Gasteiger partial charge is 0.294 e. The molecule has 0 amide bonds. The van der Waals surface area contributed by atoms with E-state index in [0.717, 1.165) is 6.07 Å². The maximum absolute atomic E-state index is 11.2. The second kappa shape index (κ2) is 4.73.